The molecule has 42 heavy (non-hydrogen) atoms. The van der Waals surface area contributed by atoms with E-state index in [2.05, 4.69) is 20.8 Å². The number of carbonyl (C=O) groups is 3. The molecule has 3 fully saturated rings. The van der Waals surface area contributed by atoms with E-state index in [1.807, 2.05) is 6.08 Å². The van der Waals surface area contributed by atoms with E-state index in [4.69, 9.17) is 9.47 Å². The van der Waals surface area contributed by atoms with E-state index in [9.17, 15) is 19.5 Å². The highest BCUT2D eigenvalue weighted by Crippen LogP contribution is 2.69. The van der Waals surface area contributed by atoms with Gasteiger partial charge in [0.2, 0.25) is 0 Å². The van der Waals surface area contributed by atoms with E-state index in [0.29, 0.717) is 42.3 Å². The average molecular weight is 587 g/mol. The van der Waals surface area contributed by atoms with Crippen LogP contribution in [0.25, 0.3) is 0 Å². The van der Waals surface area contributed by atoms with E-state index in [1.54, 1.807) is 13.8 Å². The number of allylic oxidation sites excluding steroid dienone is 1. The molecular formula is C36H58O6. The summed E-state index contributed by atoms with van der Waals surface area (Å²) in [5.41, 5.74) is 1.03. The van der Waals surface area contributed by atoms with Crippen molar-refractivity contribution >= 4 is 17.7 Å². The van der Waals surface area contributed by atoms with Crippen molar-refractivity contribution < 1.29 is 29.0 Å². The number of fused-ring (bicyclic) bond motifs is 5. The van der Waals surface area contributed by atoms with E-state index in [-0.39, 0.29) is 24.0 Å². The second-order valence-electron chi connectivity index (χ2n) is 14.7. The molecule has 0 saturated heterocycles. The number of hydrogen-bond donors (Lipinski definition) is 1. The first-order chi connectivity index (χ1) is 20.0. The van der Waals surface area contributed by atoms with E-state index in [0.717, 1.165) is 51.4 Å². The minimum atomic E-state index is -0.800. The summed E-state index contributed by atoms with van der Waals surface area (Å²) in [6.45, 7) is 11.0. The first-order valence-corrected chi connectivity index (χ1v) is 17.3. The third-order valence-corrected chi connectivity index (χ3v) is 12.4. The van der Waals surface area contributed by atoms with Gasteiger partial charge in [0.05, 0.1) is 18.8 Å². The molecule has 0 aromatic carbocycles. The zero-order chi connectivity index (χ0) is 30.5. The molecule has 4 aliphatic carbocycles. The molecule has 0 radical (unpaired) electrons. The summed E-state index contributed by atoms with van der Waals surface area (Å²) < 4.78 is 10.2. The van der Waals surface area contributed by atoms with Crippen LogP contribution < -0.4 is 0 Å². The zero-order valence-corrected chi connectivity index (χ0v) is 27.2. The zero-order valence-electron chi connectivity index (χ0n) is 27.2. The van der Waals surface area contributed by atoms with Gasteiger partial charge in [-0.25, -0.2) is 0 Å². The molecule has 7 atom stereocenters. The molecule has 0 heterocycles. The molecule has 0 amide bonds. The van der Waals surface area contributed by atoms with Gasteiger partial charge in [0.25, 0.3) is 0 Å². The lowest BCUT2D eigenvalue weighted by Gasteiger charge is -2.61. The second-order valence-corrected chi connectivity index (χ2v) is 14.7. The Morgan fingerprint density at radius 2 is 1.48 bits per heavy atom. The van der Waals surface area contributed by atoms with Crippen molar-refractivity contribution in [3.05, 3.63) is 11.6 Å². The summed E-state index contributed by atoms with van der Waals surface area (Å²) in [7, 11) is 0. The van der Waals surface area contributed by atoms with Crippen LogP contribution in [0.5, 0.6) is 0 Å². The van der Waals surface area contributed by atoms with Gasteiger partial charge in [-0.05, 0) is 113 Å². The van der Waals surface area contributed by atoms with Gasteiger partial charge in [-0.2, -0.15) is 0 Å². The summed E-state index contributed by atoms with van der Waals surface area (Å²) in [5, 5.41) is 11.4. The van der Waals surface area contributed by atoms with E-state index >= 15 is 0 Å². The van der Waals surface area contributed by atoms with Gasteiger partial charge in [-0.1, -0.05) is 64.4 Å². The first-order valence-electron chi connectivity index (χ1n) is 17.3. The van der Waals surface area contributed by atoms with Gasteiger partial charge in [0.15, 0.2) is 11.7 Å². The smallest absolute Gasteiger partial charge is 0.320 e. The molecule has 0 spiro atoms. The van der Waals surface area contributed by atoms with Crippen molar-refractivity contribution in [1.29, 1.82) is 0 Å². The third-order valence-electron chi connectivity index (χ3n) is 12.4. The molecule has 0 aromatic rings. The van der Waals surface area contributed by atoms with Crippen LogP contribution >= 0.6 is 0 Å². The van der Waals surface area contributed by atoms with Gasteiger partial charge < -0.3 is 14.6 Å². The van der Waals surface area contributed by atoms with Crippen LogP contribution in [0.1, 0.15) is 137 Å². The van der Waals surface area contributed by atoms with Crippen molar-refractivity contribution in [3.8, 4) is 0 Å². The molecular weight excluding hydrogens is 528 g/mol. The second kappa shape index (κ2) is 13.9. The summed E-state index contributed by atoms with van der Waals surface area (Å²) in [6.07, 6.45) is 18.6. The predicted octanol–water partition coefficient (Wildman–Crippen LogP) is 7.75. The normalized spacial score (nSPS) is 35.7. The highest BCUT2D eigenvalue weighted by atomic mass is 16.6. The van der Waals surface area contributed by atoms with Crippen LogP contribution in [0.2, 0.25) is 0 Å². The monoisotopic (exact) mass is 586 g/mol. The van der Waals surface area contributed by atoms with Crippen LogP contribution in [0, 0.1) is 40.4 Å². The number of rotatable bonds is 14. The van der Waals surface area contributed by atoms with Crippen LogP contribution in [-0.4, -0.2) is 41.6 Å². The lowest BCUT2D eigenvalue weighted by Crippen LogP contribution is -2.56. The standard InChI is InChI=1S/C36H58O6/c1-6-41-32(38)28(33(39)42-7-2)16-14-12-10-8-9-11-13-15-25-23-26-24-27(37)17-20-34(26,3)29-18-21-35(4)30(31(25)29)19-22-36(35,5)40/h24-25,28-31,40H,6-23H2,1-5H3/t25-,29?,30?,31?,34+,35+,36+/m1/s1. The maximum Gasteiger partial charge on any atom is 0.320 e. The van der Waals surface area contributed by atoms with Gasteiger partial charge >= 0.3 is 11.9 Å². The Bertz CT molecular complexity index is 981. The molecule has 0 aromatic heterocycles. The summed E-state index contributed by atoms with van der Waals surface area (Å²) >= 11 is 0. The van der Waals surface area contributed by atoms with Crippen molar-refractivity contribution in [2.24, 2.45) is 40.4 Å². The fourth-order valence-corrected chi connectivity index (χ4v) is 9.70. The molecule has 0 bridgehead atoms. The summed E-state index contributed by atoms with van der Waals surface area (Å²) in [4.78, 5) is 36.8. The fraction of sp³-hybridized carbons (Fsp3) is 0.861. The Labute approximate surface area is 254 Å². The average Bonchev–Trinajstić information content (AvgIpc) is 3.19. The number of ketones is 1. The molecule has 1 N–H and O–H groups in total. The Morgan fingerprint density at radius 3 is 2.12 bits per heavy atom. The SMILES string of the molecule is CCOC(=O)C(CCCCCCCCC[C@@H]1CC2=CC(=O)CC[C@]2(C)C2CC[C@@]3(C)C(CC[C@]3(C)O)C21)C(=O)OCC. The van der Waals surface area contributed by atoms with Crippen molar-refractivity contribution in [2.45, 2.75) is 143 Å². The lowest BCUT2D eigenvalue weighted by atomic mass is 9.44. The Hall–Kier alpha value is -1.69. The van der Waals surface area contributed by atoms with Crippen molar-refractivity contribution in [2.75, 3.05) is 13.2 Å². The van der Waals surface area contributed by atoms with Crippen LogP contribution in [0.3, 0.4) is 0 Å². The summed E-state index contributed by atoms with van der Waals surface area (Å²) in [6, 6.07) is 0. The molecule has 4 rings (SSSR count). The molecule has 238 valence electrons. The molecule has 3 saturated carbocycles. The Morgan fingerprint density at radius 1 is 0.881 bits per heavy atom. The van der Waals surface area contributed by atoms with Gasteiger partial charge in [0.1, 0.15) is 0 Å². The fourth-order valence-electron chi connectivity index (χ4n) is 9.70. The minimum absolute atomic E-state index is 0.00798. The summed E-state index contributed by atoms with van der Waals surface area (Å²) in [5.74, 6) is 1.08. The highest BCUT2D eigenvalue weighted by molar-refractivity contribution is 5.94. The number of aliphatic hydroxyl groups is 1. The van der Waals surface area contributed by atoms with Crippen LogP contribution in [-0.2, 0) is 23.9 Å². The number of carbonyl (C=O) groups excluding carboxylic acids is 3. The van der Waals surface area contributed by atoms with E-state index < -0.39 is 23.5 Å². The first kappa shape index (κ1) is 33.2. The molecule has 4 aliphatic rings. The topological polar surface area (TPSA) is 89.9 Å². The maximum absolute atomic E-state index is 12.5. The highest BCUT2D eigenvalue weighted by Gasteiger charge is 2.64. The molecule has 3 unspecified atom stereocenters. The number of hydrogen-bond acceptors (Lipinski definition) is 6. The number of unbranched alkanes of at least 4 members (excludes halogenated alkanes) is 6. The van der Waals surface area contributed by atoms with Gasteiger partial charge in [-0.15, -0.1) is 0 Å². The van der Waals surface area contributed by atoms with Crippen molar-refractivity contribution in [1.82, 2.24) is 0 Å². The lowest BCUT2D eigenvalue weighted by molar-refractivity contribution is -0.162. The third kappa shape index (κ3) is 6.69. The minimum Gasteiger partial charge on any atom is -0.465 e. The molecule has 6 nitrogen and oxygen atoms in total. The Kier molecular flexibility index (Phi) is 11.0. The quantitative estimate of drug-likeness (QED) is 0.127. The number of ether oxygens (including phenoxy) is 2. The van der Waals surface area contributed by atoms with Gasteiger partial charge in [0, 0.05) is 6.42 Å². The van der Waals surface area contributed by atoms with E-state index in [1.165, 1.54) is 44.1 Å². The maximum atomic E-state index is 12.5. The van der Waals surface area contributed by atoms with Crippen LogP contribution in [0.15, 0.2) is 11.6 Å². The van der Waals surface area contributed by atoms with Crippen LogP contribution in [0.4, 0.5) is 0 Å². The largest absolute Gasteiger partial charge is 0.465 e. The molecule has 0 aliphatic heterocycles. The molecule has 6 heteroatoms. The Balaban J connectivity index is 1.27. The number of esters is 2. The predicted molar refractivity (Wildman–Crippen MR) is 165 cm³/mol. The van der Waals surface area contributed by atoms with Crippen molar-refractivity contribution in [3.63, 3.8) is 0 Å². The van der Waals surface area contributed by atoms with Gasteiger partial charge in [-0.3, -0.25) is 14.4 Å².